The summed E-state index contributed by atoms with van der Waals surface area (Å²) >= 11 is 0. The van der Waals surface area contributed by atoms with Gasteiger partial charge in [0.25, 0.3) is 0 Å². The Morgan fingerprint density at radius 1 is 1.55 bits per heavy atom. The van der Waals surface area contributed by atoms with Gasteiger partial charge in [-0.05, 0) is 12.1 Å². The highest BCUT2D eigenvalue weighted by Gasteiger charge is 2.10. The molecule has 58 valence electrons. The van der Waals surface area contributed by atoms with Gasteiger partial charge in [0.1, 0.15) is 11.6 Å². The average Bonchev–Trinajstić information content (AvgIpc) is 1.94. The fourth-order valence-electron chi connectivity index (χ4n) is 0.624. The van der Waals surface area contributed by atoms with Gasteiger partial charge < -0.3 is 15.9 Å². The Kier molecular flexibility index (Phi) is 1.63. The molecule has 1 aromatic heterocycles. The molecule has 0 unspecified atom stereocenters. The smallest absolute Gasteiger partial charge is 0.358 e. The summed E-state index contributed by atoms with van der Waals surface area (Å²) in [5, 5.41) is 17.3. The van der Waals surface area contributed by atoms with Gasteiger partial charge in [-0.1, -0.05) is 0 Å². The first-order valence-corrected chi connectivity index (χ1v) is 2.80. The van der Waals surface area contributed by atoms with Crippen LogP contribution in [0.4, 0.5) is 5.82 Å². The molecule has 0 fully saturated rings. The standard InChI is InChI=1S/C6H6N2O3/c7-4-2-1-3(9)5(8-4)6(10)11/h1-2,9H,(H2,7,8)(H,10,11). The van der Waals surface area contributed by atoms with E-state index in [0.717, 1.165) is 0 Å². The number of pyridine rings is 1. The van der Waals surface area contributed by atoms with E-state index in [1.165, 1.54) is 12.1 Å². The van der Waals surface area contributed by atoms with E-state index in [9.17, 15) is 4.79 Å². The number of aromatic hydroxyl groups is 1. The van der Waals surface area contributed by atoms with Crippen LogP contribution in [0.3, 0.4) is 0 Å². The number of nitrogens with two attached hydrogens (primary N) is 1. The first-order valence-electron chi connectivity index (χ1n) is 2.80. The lowest BCUT2D eigenvalue weighted by molar-refractivity contribution is 0.0687. The van der Waals surface area contributed by atoms with Crippen molar-refractivity contribution in [3.63, 3.8) is 0 Å². The molecule has 1 heterocycles. The number of rotatable bonds is 1. The van der Waals surface area contributed by atoms with Crippen molar-refractivity contribution in [2.75, 3.05) is 5.73 Å². The molecular formula is C6H6N2O3. The number of hydrogen-bond donors (Lipinski definition) is 3. The van der Waals surface area contributed by atoms with E-state index in [1.54, 1.807) is 0 Å². The van der Waals surface area contributed by atoms with Crippen molar-refractivity contribution in [2.45, 2.75) is 0 Å². The second-order valence-corrected chi connectivity index (χ2v) is 1.91. The van der Waals surface area contributed by atoms with E-state index in [2.05, 4.69) is 4.98 Å². The Morgan fingerprint density at radius 2 is 2.18 bits per heavy atom. The Bertz CT molecular complexity index is 298. The minimum Gasteiger partial charge on any atom is -0.505 e. The van der Waals surface area contributed by atoms with Gasteiger partial charge in [0.2, 0.25) is 0 Å². The predicted octanol–water partition coefficient (Wildman–Crippen LogP) is 0.0676. The zero-order valence-electron chi connectivity index (χ0n) is 5.48. The lowest BCUT2D eigenvalue weighted by Gasteiger charge is -1.97. The molecule has 0 atom stereocenters. The molecule has 11 heavy (non-hydrogen) atoms. The van der Waals surface area contributed by atoms with Crippen molar-refractivity contribution in [2.24, 2.45) is 0 Å². The minimum absolute atomic E-state index is 0.0696. The van der Waals surface area contributed by atoms with E-state index >= 15 is 0 Å². The van der Waals surface area contributed by atoms with Crippen LogP contribution < -0.4 is 5.73 Å². The molecule has 0 aromatic carbocycles. The molecule has 0 aliphatic heterocycles. The van der Waals surface area contributed by atoms with E-state index in [-0.39, 0.29) is 11.6 Å². The van der Waals surface area contributed by atoms with Crippen molar-refractivity contribution in [1.82, 2.24) is 4.98 Å². The number of carboxylic acid groups (broad SMARTS) is 1. The third-order valence-electron chi connectivity index (χ3n) is 1.10. The number of nitrogens with zero attached hydrogens (tertiary/aromatic N) is 1. The monoisotopic (exact) mass is 154 g/mol. The molecule has 1 aromatic rings. The number of hydrogen-bond acceptors (Lipinski definition) is 4. The summed E-state index contributed by atoms with van der Waals surface area (Å²) in [5.74, 6) is -1.61. The quantitative estimate of drug-likeness (QED) is 0.531. The molecule has 5 nitrogen and oxygen atoms in total. The maximum atomic E-state index is 10.3. The first-order chi connectivity index (χ1) is 5.11. The van der Waals surface area contributed by atoms with Crippen LogP contribution in [0.25, 0.3) is 0 Å². The van der Waals surface area contributed by atoms with Crippen LogP contribution in [-0.4, -0.2) is 21.2 Å². The Balaban J connectivity index is 3.23. The Morgan fingerprint density at radius 3 is 2.64 bits per heavy atom. The third-order valence-corrected chi connectivity index (χ3v) is 1.10. The molecule has 4 N–H and O–H groups in total. The van der Waals surface area contributed by atoms with Crippen molar-refractivity contribution < 1.29 is 15.0 Å². The van der Waals surface area contributed by atoms with Crippen molar-refractivity contribution in [3.05, 3.63) is 17.8 Å². The molecule has 0 amide bonds. The lowest BCUT2D eigenvalue weighted by atomic mass is 10.3. The van der Waals surface area contributed by atoms with Crippen LogP contribution in [0, 0.1) is 0 Å². The molecule has 5 heteroatoms. The zero-order chi connectivity index (χ0) is 8.43. The van der Waals surface area contributed by atoms with E-state index in [4.69, 9.17) is 15.9 Å². The number of aromatic nitrogens is 1. The Hall–Kier alpha value is -1.78. The maximum Gasteiger partial charge on any atom is 0.358 e. The van der Waals surface area contributed by atoms with E-state index < -0.39 is 11.7 Å². The van der Waals surface area contributed by atoms with Crippen molar-refractivity contribution in [3.8, 4) is 5.75 Å². The third kappa shape index (κ3) is 1.37. The summed E-state index contributed by atoms with van der Waals surface area (Å²) in [7, 11) is 0. The van der Waals surface area contributed by atoms with Gasteiger partial charge in [0, 0.05) is 0 Å². The van der Waals surface area contributed by atoms with Gasteiger partial charge >= 0.3 is 5.97 Å². The highest BCUT2D eigenvalue weighted by Crippen LogP contribution is 2.14. The Labute approximate surface area is 62.1 Å². The van der Waals surface area contributed by atoms with Gasteiger partial charge in [-0.15, -0.1) is 0 Å². The highest BCUT2D eigenvalue weighted by atomic mass is 16.4. The van der Waals surface area contributed by atoms with E-state index in [1.807, 2.05) is 0 Å². The van der Waals surface area contributed by atoms with Crippen LogP contribution in [0.5, 0.6) is 5.75 Å². The normalized spacial score (nSPS) is 9.45. The van der Waals surface area contributed by atoms with Crippen LogP contribution in [0.1, 0.15) is 10.5 Å². The average molecular weight is 154 g/mol. The molecule has 1 rings (SSSR count). The van der Waals surface area contributed by atoms with Gasteiger partial charge in [-0.3, -0.25) is 0 Å². The summed E-state index contributed by atoms with van der Waals surface area (Å²) in [5.41, 5.74) is 4.75. The summed E-state index contributed by atoms with van der Waals surface area (Å²) < 4.78 is 0. The maximum absolute atomic E-state index is 10.3. The summed E-state index contributed by atoms with van der Waals surface area (Å²) in [6, 6.07) is 2.51. The largest absolute Gasteiger partial charge is 0.505 e. The highest BCUT2D eigenvalue weighted by molar-refractivity contribution is 5.88. The molecule has 0 aliphatic rings. The van der Waals surface area contributed by atoms with Crippen LogP contribution in [0.15, 0.2) is 12.1 Å². The minimum atomic E-state index is -1.30. The predicted molar refractivity (Wildman–Crippen MR) is 37.3 cm³/mol. The summed E-state index contributed by atoms with van der Waals surface area (Å²) in [6.07, 6.45) is 0. The fourth-order valence-corrected chi connectivity index (χ4v) is 0.624. The molecule has 0 saturated heterocycles. The topological polar surface area (TPSA) is 96.4 Å². The summed E-state index contributed by atoms with van der Waals surface area (Å²) in [6.45, 7) is 0. The zero-order valence-corrected chi connectivity index (χ0v) is 5.48. The van der Waals surface area contributed by atoms with Gasteiger partial charge in [0.15, 0.2) is 5.69 Å². The lowest BCUT2D eigenvalue weighted by Crippen LogP contribution is -2.02. The number of nitrogen functional groups attached to an aromatic ring is 1. The number of aromatic carboxylic acids is 1. The van der Waals surface area contributed by atoms with Crippen molar-refractivity contribution in [1.29, 1.82) is 0 Å². The second-order valence-electron chi connectivity index (χ2n) is 1.91. The van der Waals surface area contributed by atoms with Gasteiger partial charge in [-0.2, -0.15) is 0 Å². The van der Waals surface area contributed by atoms with Crippen molar-refractivity contribution >= 4 is 11.8 Å². The molecule has 0 saturated carbocycles. The summed E-state index contributed by atoms with van der Waals surface area (Å²) in [4.78, 5) is 13.7. The first kappa shape index (κ1) is 7.33. The number of anilines is 1. The second kappa shape index (κ2) is 2.45. The van der Waals surface area contributed by atoms with Gasteiger partial charge in [0.05, 0.1) is 0 Å². The number of carbonyl (C=O) groups is 1. The van der Waals surface area contributed by atoms with Crippen LogP contribution >= 0.6 is 0 Å². The fraction of sp³-hybridized carbons (Fsp3) is 0. The molecule has 0 aliphatic carbocycles. The molecule has 0 bridgehead atoms. The van der Waals surface area contributed by atoms with Gasteiger partial charge in [-0.25, -0.2) is 9.78 Å². The molecule has 0 radical (unpaired) electrons. The molecular weight excluding hydrogens is 148 g/mol. The molecule has 0 spiro atoms. The van der Waals surface area contributed by atoms with Crippen LogP contribution in [-0.2, 0) is 0 Å². The SMILES string of the molecule is Nc1ccc(O)c(C(=O)O)n1. The van der Waals surface area contributed by atoms with Crippen LogP contribution in [0.2, 0.25) is 0 Å². The number of carboxylic acids is 1. The van der Waals surface area contributed by atoms with E-state index in [0.29, 0.717) is 0 Å².